The van der Waals surface area contributed by atoms with E-state index in [1.807, 2.05) is 19.9 Å². The molecule has 0 amide bonds. The molecule has 164 valence electrons. The predicted octanol–water partition coefficient (Wildman–Crippen LogP) is 5.69. The number of aryl methyl sites for hydroxylation is 2. The summed E-state index contributed by atoms with van der Waals surface area (Å²) in [4.78, 5) is 13.0. The number of hydrogen-bond donors (Lipinski definition) is 2. The van der Waals surface area contributed by atoms with Crippen LogP contribution < -0.4 is 10.1 Å². The van der Waals surface area contributed by atoms with Gasteiger partial charge in [0.2, 0.25) is 11.8 Å². The van der Waals surface area contributed by atoms with E-state index in [2.05, 4.69) is 30.5 Å². The summed E-state index contributed by atoms with van der Waals surface area (Å²) in [5.41, 5.74) is 0.972. The van der Waals surface area contributed by atoms with Gasteiger partial charge < -0.3 is 10.1 Å². The van der Waals surface area contributed by atoms with E-state index in [0.717, 1.165) is 17.8 Å². The van der Waals surface area contributed by atoms with Crippen LogP contribution in [0.4, 0.5) is 24.8 Å². The van der Waals surface area contributed by atoms with Crippen molar-refractivity contribution < 1.29 is 17.9 Å². The van der Waals surface area contributed by atoms with E-state index in [0.29, 0.717) is 35.3 Å². The fraction of sp³-hybridized carbons (Fsp3) is 0.182. The number of alkyl halides is 3. The summed E-state index contributed by atoms with van der Waals surface area (Å²) in [7, 11) is 0. The number of aromatic amines is 1. The highest BCUT2D eigenvalue weighted by Crippen LogP contribution is 2.31. The maximum Gasteiger partial charge on any atom is 0.416 e. The summed E-state index contributed by atoms with van der Waals surface area (Å²) in [6.45, 7) is 3.84. The maximum absolute atomic E-state index is 12.9. The van der Waals surface area contributed by atoms with Crippen LogP contribution in [0.5, 0.6) is 11.6 Å². The molecule has 2 heterocycles. The zero-order valence-corrected chi connectivity index (χ0v) is 17.2. The van der Waals surface area contributed by atoms with E-state index in [4.69, 9.17) is 4.74 Å². The van der Waals surface area contributed by atoms with Crippen LogP contribution >= 0.6 is 0 Å². The van der Waals surface area contributed by atoms with Gasteiger partial charge in [-0.3, -0.25) is 5.10 Å². The van der Waals surface area contributed by atoms with Gasteiger partial charge in [0, 0.05) is 29.4 Å². The number of hydrogen-bond acceptors (Lipinski definition) is 6. The Balaban J connectivity index is 1.52. The summed E-state index contributed by atoms with van der Waals surface area (Å²) in [6, 6.07) is 13.7. The second kappa shape index (κ2) is 8.66. The number of H-pyrrole nitrogens is 1. The minimum atomic E-state index is -4.43. The molecule has 2 N–H and O–H groups in total. The SMILES string of the molecule is CCc1nc(C)cc(Oc2cccc(-c3nc(Nc4cccc(C(F)(F)F)c4)n[nH]3)c2)n1. The highest BCUT2D eigenvalue weighted by molar-refractivity contribution is 5.61. The lowest BCUT2D eigenvalue weighted by Gasteiger charge is -2.08. The van der Waals surface area contributed by atoms with E-state index in [1.165, 1.54) is 12.1 Å². The molecule has 2 aromatic carbocycles. The van der Waals surface area contributed by atoms with Crippen LogP contribution in [0.3, 0.4) is 0 Å². The van der Waals surface area contributed by atoms with Crippen LogP contribution in [0.15, 0.2) is 54.6 Å². The van der Waals surface area contributed by atoms with Crippen molar-refractivity contribution in [2.45, 2.75) is 26.4 Å². The lowest BCUT2D eigenvalue weighted by molar-refractivity contribution is -0.137. The van der Waals surface area contributed by atoms with Crippen molar-refractivity contribution in [2.75, 3.05) is 5.32 Å². The van der Waals surface area contributed by atoms with Crippen molar-refractivity contribution in [3.63, 3.8) is 0 Å². The van der Waals surface area contributed by atoms with Gasteiger partial charge in [-0.05, 0) is 37.3 Å². The van der Waals surface area contributed by atoms with Gasteiger partial charge in [0.1, 0.15) is 11.6 Å². The predicted molar refractivity (Wildman–Crippen MR) is 113 cm³/mol. The molecule has 0 atom stereocenters. The third kappa shape index (κ3) is 5.02. The summed E-state index contributed by atoms with van der Waals surface area (Å²) in [6.07, 6.45) is -3.74. The third-order valence-electron chi connectivity index (χ3n) is 4.45. The van der Waals surface area contributed by atoms with E-state index < -0.39 is 11.7 Å². The van der Waals surface area contributed by atoms with E-state index in [9.17, 15) is 13.2 Å². The van der Waals surface area contributed by atoms with Gasteiger partial charge in [-0.2, -0.15) is 23.1 Å². The molecule has 4 rings (SSSR count). The Morgan fingerprint density at radius 3 is 2.59 bits per heavy atom. The molecule has 32 heavy (non-hydrogen) atoms. The second-order valence-electron chi connectivity index (χ2n) is 6.96. The Hall–Kier alpha value is -3.95. The van der Waals surface area contributed by atoms with Crippen molar-refractivity contribution in [1.29, 1.82) is 0 Å². The quantitative estimate of drug-likeness (QED) is 0.401. The molecule has 0 unspecified atom stereocenters. The first-order valence-electron chi connectivity index (χ1n) is 9.79. The van der Waals surface area contributed by atoms with Crippen molar-refractivity contribution in [3.05, 3.63) is 71.7 Å². The number of nitrogens with one attached hydrogen (secondary N) is 2. The molecular formula is C22H19F3N6O. The molecule has 0 fully saturated rings. The van der Waals surface area contributed by atoms with E-state index in [-0.39, 0.29) is 11.6 Å². The lowest BCUT2D eigenvalue weighted by atomic mass is 10.2. The second-order valence-corrected chi connectivity index (χ2v) is 6.96. The third-order valence-corrected chi connectivity index (χ3v) is 4.45. The van der Waals surface area contributed by atoms with Crippen LogP contribution in [0.1, 0.15) is 24.0 Å². The van der Waals surface area contributed by atoms with Crippen LogP contribution in [-0.4, -0.2) is 25.1 Å². The Morgan fingerprint density at radius 1 is 1.00 bits per heavy atom. The minimum absolute atomic E-state index is 0.143. The molecule has 0 aliphatic carbocycles. The molecule has 0 radical (unpaired) electrons. The van der Waals surface area contributed by atoms with Crippen LogP contribution in [0.2, 0.25) is 0 Å². The molecule has 0 bridgehead atoms. The van der Waals surface area contributed by atoms with Gasteiger partial charge in [0.05, 0.1) is 5.56 Å². The molecule has 10 heteroatoms. The van der Waals surface area contributed by atoms with Crippen molar-refractivity contribution in [3.8, 4) is 23.0 Å². The first-order chi connectivity index (χ1) is 15.3. The number of ether oxygens (including phenoxy) is 1. The van der Waals surface area contributed by atoms with Crippen molar-refractivity contribution >= 4 is 11.6 Å². The van der Waals surface area contributed by atoms with Gasteiger partial charge in [-0.15, -0.1) is 5.10 Å². The van der Waals surface area contributed by atoms with E-state index >= 15 is 0 Å². The molecule has 2 aromatic heterocycles. The summed E-state index contributed by atoms with van der Waals surface area (Å²) in [5.74, 6) is 2.25. The van der Waals surface area contributed by atoms with Crippen LogP contribution in [-0.2, 0) is 12.6 Å². The smallest absolute Gasteiger partial charge is 0.416 e. The Bertz CT molecular complexity index is 1240. The molecule has 0 aliphatic rings. The van der Waals surface area contributed by atoms with E-state index in [1.54, 1.807) is 24.3 Å². The molecular weight excluding hydrogens is 421 g/mol. The largest absolute Gasteiger partial charge is 0.439 e. The topological polar surface area (TPSA) is 88.6 Å². The number of nitrogens with zero attached hydrogens (tertiary/aromatic N) is 4. The van der Waals surface area contributed by atoms with Gasteiger partial charge in [-0.1, -0.05) is 25.1 Å². The Labute approximate surface area is 181 Å². The standard InChI is InChI=1S/C22H19F3N6O/c1-3-18-26-13(2)10-19(28-18)32-17-9-4-6-14(11-17)20-29-21(31-30-20)27-16-8-5-7-15(12-16)22(23,24)25/h4-12H,3H2,1-2H3,(H2,27,29,30,31). The molecule has 0 saturated carbocycles. The fourth-order valence-corrected chi connectivity index (χ4v) is 2.99. The molecule has 4 aromatic rings. The Kier molecular flexibility index (Phi) is 5.76. The fourth-order valence-electron chi connectivity index (χ4n) is 2.99. The molecule has 0 saturated heterocycles. The van der Waals surface area contributed by atoms with Crippen LogP contribution in [0.25, 0.3) is 11.4 Å². The average Bonchev–Trinajstić information content (AvgIpc) is 3.21. The number of rotatable bonds is 6. The van der Waals surface area contributed by atoms with Crippen molar-refractivity contribution in [2.24, 2.45) is 0 Å². The average molecular weight is 440 g/mol. The van der Waals surface area contributed by atoms with Gasteiger partial charge in [0.25, 0.3) is 0 Å². The van der Waals surface area contributed by atoms with Crippen molar-refractivity contribution in [1.82, 2.24) is 25.1 Å². The normalized spacial score (nSPS) is 11.4. The highest BCUT2D eigenvalue weighted by Gasteiger charge is 2.30. The zero-order valence-electron chi connectivity index (χ0n) is 17.2. The monoisotopic (exact) mass is 440 g/mol. The number of anilines is 2. The molecule has 0 aliphatic heterocycles. The molecule has 0 spiro atoms. The maximum atomic E-state index is 12.9. The summed E-state index contributed by atoms with van der Waals surface area (Å²) < 4.78 is 44.6. The highest BCUT2D eigenvalue weighted by atomic mass is 19.4. The van der Waals surface area contributed by atoms with Gasteiger partial charge in [0.15, 0.2) is 5.82 Å². The summed E-state index contributed by atoms with van der Waals surface area (Å²) in [5, 5.41) is 9.59. The number of benzene rings is 2. The zero-order chi connectivity index (χ0) is 22.7. The van der Waals surface area contributed by atoms with Gasteiger partial charge >= 0.3 is 6.18 Å². The molecule has 7 nitrogen and oxygen atoms in total. The van der Waals surface area contributed by atoms with Gasteiger partial charge in [-0.25, -0.2) is 4.98 Å². The van der Waals surface area contributed by atoms with Crippen LogP contribution in [0, 0.1) is 6.92 Å². The first kappa shape index (κ1) is 21.3. The number of halogens is 3. The first-order valence-corrected chi connectivity index (χ1v) is 9.79. The summed E-state index contributed by atoms with van der Waals surface area (Å²) >= 11 is 0. The minimum Gasteiger partial charge on any atom is -0.439 e. The Morgan fingerprint density at radius 2 is 1.81 bits per heavy atom. The number of aromatic nitrogens is 5. The lowest BCUT2D eigenvalue weighted by Crippen LogP contribution is -2.05.